The van der Waals surface area contributed by atoms with Crippen molar-refractivity contribution < 1.29 is 4.79 Å². The van der Waals surface area contributed by atoms with Gasteiger partial charge in [-0.15, -0.1) is 0 Å². The van der Waals surface area contributed by atoms with Gasteiger partial charge in [-0.3, -0.25) is 4.79 Å². The molecule has 104 valence electrons. The minimum atomic E-state index is 0.168. The number of nitrogens with zero attached hydrogens (tertiary/aromatic N) is 1. The summed E-state index contributed by atoms with van der Waals surface area (Å²) in [5.41, 5.74) is 1.86. The van der Waals surface area contributed by atoms with Gasteiger partial charge in [0.2, 0.25) is 0 Å². The first-order valence-corrected chi connectivity index (χ1v) is 8.04. The molecule has 0 aliphatic carbocycles. The number of anilines is 1. The van der Waals surface area contributed by atoms with Gasteiger partial charge in [0.25, 0.3) is 5.91 Å². The van der Waals surface area contributed by atoms with E-state index in [1.165, 1.54) is 0 Å². The summed E-state index contributed by atoms with van der Waals surface area (Å²) in [7, 11) is 0. The highest BCUT2D eigenvalue weighted by Gasteiger charge is 2.23. The average Bonchev–Trinajstić information content (AvgIpc) is 2.48. The van der Waals surface area contributed by atoms with E-state index in [9.17, 15) is 4.79 Å². The van der Waals surface area contributed by atoms with Crippen molar-refractivity contribution >= 4 is 23.4 Å². The van der Waals surface area contributed by atoms with E-state index >= 15 is 0 Å². The van der Waals surface area contributed by atoms with E-state index in [0.29, 0.717) is 5.25 Å². The average molecular weight is 278 g/mol. The molecule has 1 unspecified atom stereocenters. The van der Waals surface area contributed by atoms with Crippen LogP contribution in [0.4, 0.5) is 5.69 Å². The molecule has 1 atom stereocenters. The molecule has 1 N–H and O–H groups in total. The third-order valence-corrected chi connectivity index (χ3v) is 4.77. The molecule has 1 aliphatic rings. The van der Waals surface area contributed by atoms with E-state index in [1.807, 2.05) is 40.9 Å². The standard InChI is InChI=1S/C15H22N2OS/c1-3-14-11-17(9-10-19-14)15(18)12-5-7-13(8-6-12)16-4-2/h5-8,14,16H,3-4,9-11H2,1-2H3. The van der Waals surface area contributed by atoms with Crippen LogP contribution >= 0.6 is 11.8 Å². The van der Waals surface area contributed by atoms with Crippen LogP contribution in [0.1, 0.15) is 30.6 Å². The fraction of sp³-hybridized carbons (Fsp3) is 0.533. The lowest BCUT2D eigenvalue weighted by Gasteiger charge is -2.32. The molecular formula is C15H22N2OS. The Hall–Kier alpha value is -1.16. The summed E-state index contributed by atoms with van der Waals surface area (Å²) in [6.45, 7) is 6.91. The summed E-state index contributed by atoms with van der Waals surface area (Å²) in [6.07, 6.45) is 1.13. The van der Waals surface area contributed by atoms with E-state index in [2.05, 4.69) is 19.2 Å². The quantitative estimate of drug-likeness (QED) is 0.918. The second kappa shape index (κ2) is 6.85. The monoisotopic (exact) mass is 278 g/mol. The van der Waals surface area contributed by atoms with Crippen LogP contribution in [0, 0.1) is 0 Å². The zero-order valence-corrected chi connectivity index (χ0v) is 12.5. The molecule has 0 spiro atoms. The number of hydrogen-bond acceptors (Lipinski definition) is 3. The summed E-state index contributed by atoms with van der Waals surface area (Å²) >= 11 is 1.98. The summed E-state index contributed by atoms with van der Waals surface area (Å²) in [5, 5.41) is 3.84. The van der Waals surface area contributed by atoms with Gasteiger partial charge in [0.1, 0.15) is 0 Å². The Bertz CT molecular complexity index is 419. The van der Waals surface area contributed by atoms with Gasteiger partial charge in [-0.25, -0.2) is 0 Å². The Morgan fingerprint density at radius 3 is 2.74 bits per heavy atom. The van der Waals surface area contributed by atoms with Crippen molar-refractivity contribution in [3.05, 3.63) is 29.8 Å². The van der Waals surface area contributed by atoms with Crippen molar-refractivity contribution in [1.29, 1.82) is 0 Å². The van der Waals surface area contributed by atoms with Gasteiger partial charge in [-0.2, -0.15) is 11.8 Å². The maximum atomic E-state index is 12.4. The number of carbonyl (C=O) groups excluding carboxylic acids is 1. The maximum Gasteiger partial charge on any atom is 0.253 e. The van der Waals surface area contributed by atoms with E-state index in [-0.39, 0.29) is 5.91 Å². The van der Waals surface area contributed by atoms with Gasteiger partial charge >= 0.3 is 0 Å². The zero-order chi connectivity index (χ0) is 13.7. The number of amides is 1. The molecule has 0 bridgehead atoms. The molecule has 19 heavy (non-hydrogen) atoms. The van der Waals surface area contributed by atoms with Gasteiger partial charge in [0.15, 0.2) is 0 Å². The highest BCUT2D eigenvalue weighted by atomic mass is 32.2. The zero-order valence-electron chi connectivity index (χ0n) is 11.7. The maximum absolute atomic E-state index is 12.4. The molecule has 0 radical (unpaired) electrons. The third-order valence-electron chi connectivity index (χ3n) is 3.39. The first kappa shape index (κ1) is 14.3. The SMILES string of the molecule is CCNc1ccc(C(=O)N2CCSC(CC)C2)cc1. The van der Waals surface area contributed by atoms with Crippen LogP contribution in [0.15, 0.2) is 24.3 Å². The summed E-state index contributed by atoms with van der Waals surface area (Å²) in [5.74, 6) is 1.22. The van der Waals surface area contributed by atoms with Crippen LogP contribution in [0.3, 0.4) is 0 Å². The van der Waals surface area contributed by atoms with Crippen molar-refractivity contribution in [1.82, 2.24) is 4.90 Å². The van der Waals surface area contributed by atoms with Crippen LogP contribution in [-0.2, 0) is 0 Å². The minimum Gasteiger partial charge on any atom is -0.385 e. The van der Waals surface area contributed by atoms with Crippen molar-refractivity contribution in [3.63, 3.8) is 0 Å². The van der Waals surface area contributed by atoms with Crippen LogP contribution < -0.4 is 5.32 Å². The molecule has 1 saturated heterocycles. The number of thioether (sulfide) groups is 1. The highest BCUT2D eigenvalue weighted by Crippen LogP contribution is 2.22. The smallest absolute Gasteiger partial charge is 0.253 e. The van der Waals surface area contributed by atoms with Gasteiger partial charge in [0.05, 0.1) is 0 Å². The van der Waals surface area contributed by atoms with E-state index in [1.54, 1.807) is 0 Å². The predicted octanol–water partition coefficient (Wildman–Crippen LogP) is 3.09. The van der Waals surface area contributed by atoms with Crippen LogP contribution in [-0.4, -0.2) is 41.4 Å². The fourth-order valence-electron chi connectivity index (χ4n) is 2.27. The number of rotatable bonds is 4. The largest absolute Gasteiger partial charge is 0.385 e. The second-order valence-corrected chi connectivity index (χ2v) is 6.17. The Balaban J connectivity index is 2.02. The first-order valence-electron chi connectivity index (χ1n) is 6.99. The number of carbonyl (C=O) groups is 1. The lowest BCUT2D eigenvalue weighted by Crippen LogP contribution is -2.41. The summed E-state index contributed by atoms with van der Waals surface area (Å²) < 4.78 is 0. The number of hydrogen-bond donors (Lipinski definition) is 1. The van der Waals surface area contributed by atoms with Gasteiger partial charge in [-0.05, 0) is 37.6 Å². The van der Waals surface area contributed by atoms with Crippen LogP contribution in [0.25, 0.3) is 0 Å². The molecule has 0 aromatic heterocycles. The second-order valence-electron chi connectivity index (χ2n) is 4.76. The fourth-order valence-corrected chi connectivity index (χ4v) is 3.45. The van der Waals surface area contributed by atoms with Gasteiger partial charge in [0, 0.05) is 41.9 Å². The Morgan fingerprint density at radius 2 is 2.11 bits per heavy atom. The molecular weight excluding hydrogens is 256 g/mol. The molecule has 1 heterocycles. The van der Waals surface area contributed by atoms with E-state index < -0.39 is 0 Å². The molecule has 2 rings (SSSR count). The lowest BCUT2D eigenvalue weighted by atomic mass is 10.1. The molecule has 1 aromatic rings. The summed E-state index contributed by atoms with van der Waals surface area (Å²) in [4.78, 5) is 14.4. The number of benzene rings is 1. The normalized spacial score (nSPS) is 19.3. The lowest BCUT2D eigenvalue weighted by molar-refractivity contribution is 0.0761. The topological polar surface area (TPSA) is 32.3 Å². The minimum absolute atomic E-state index is 0.168. The highest BCUT2D eigenvalue weighted by molar-refractivity contribution is 8.00. The Kier molecular flexibility index (Phi) is 5.14. The molecule has 4 heteroatoms. The molecule has 3 nitrogen and oxygen atoms in total. The van der Waals surface area contributed by atoms with Gasteiger partial charge < -0.3 is 10.2 Å². The van der Waals surface area contributed by atoms with Crippen molar-refractivity contribution in [2.45, 2.75) is 25.5 Å². The van der Waals surface area contributed by atoms with Crippen molar-refractivity contribution in [2.75, 3.05) is 30.7 Å². The molecule has 1 amide bonds. The molecule has 1 aromatic carbocycles. The van der Waals surface area contributed by atoms with E-state index in [4.69, 9.17) is 0 Å². The van der Waals surface area contributed by atoms with Gasteiger partial charge in [-0.1, -0.05) is 6.92 Å². The predicted molar refractivity (Wildman–Crippen MR) is 83.0 cm³/mol. The molecule has 1 aliphatic heterocycles. The van der Waals surface area contributed by atoms with Crippen LogP contribution in [0.5, 0.6) is 0 Å². The summed E-state index contributed by atoms with van der Waals surface area (Å²) in [6, 6.07) is 7.80. The molecule has 0 saturated carbocycles. The molecule has 1 fully saturated rings. The Morgan fingerprint density at radius 1 is 1.37 bits per heavy atom. The number of nitrogens with one attached hydrogen (secondary N) is 1. The third kappa shape index (κ3) is 3.66. The van der Waals surface area contributed by atoms with Crippen molar-refractivity contribution in [2.24, 2.45) is 0 Å². The van der Waals surface area contributed by atoms with Crippen LogP contribution in [0.2, 0.25) is 0 Å². The van der Waals surface area contributed by atoms with E-state index in [0.717, 1.165) is 43.1 Å². The first-order chi connectivity index (χ1) is 9.24. The van der Waals surface area contributed by atoms with Crippen molar-refractivity contribution in [3.8, 4) is 0 Å². The Labute approximate surface area is 119 Å².